The van der Waals surface area contributed by atoms with Gasteiger partial charge in [0.25, 0.3) is 17.6 Å². The van der Waals surface area contributed by atoms with E-state index >= 15 is 0 Å². The highest BCUT2D eigenvalue weighted by Gasteiger charge is 2.25. The molecule has 1 aliphatic rings. The third-order valence-electron chi connectivity index (χ3n) is 4.93. The molecule has 28 heavy (non-hydrogen) atoms. The smallest absolute Gasteiger partial charge is 0.276 e. The van der Waals surface area contributed by atoms with Crippen LogP contribution in [-0.4, -0.2) is 40.3 Å². The van der Waals surface area contributed by atoms with Crippen molar-refractivity contribution >= 4 is 17.6 Å². The molecule has 0 aliphatic heterocycles. The SMILES string of the molecule is Cn1nc2c(c1C(=O)Nc1nc3nccc(-c4ccccn4)n3n1)CCCC2. The van der Waals surface area contributed by atoms with Crippen molar-refractivity contribution in [3.05, 3.63) is 53.6 Å². The zero-order valence-corrected chi connectivity index (χ0v) is 15.3. The third-order valence-corrected chi connectivity index (χ3v) is 4.93. The van der Waals surface area contributed by atoms with Crippen LogP contribution in [0.3, 0.4) is 0 Å². The number of nitrogens with zero attached hydrogens (tertiary/aromatic N) is 7. The monoisotopic (exact) mass is 374 g/mol. The van der Waals surface area contributed by atoms with Gasteiger partial charge in [-0.15, -0.1) is 5.10 Å². The Labute approximate surface area is 160 Å². The Bertz CT molecular complexity index is 1180. The van der Waals surface area contributed by atoms with Gasteiger partial charge in [-0.2, -0.15) is 14.6 Å². The summed E-state index contributed by atoms with van der Waals surface area (Å²) in [6.45, 7) is 0. The van der Waals surface area contributed by atoms with E-state index < -0.39 is 0 Å². The van der Waals surface area contributed by atoms with Crippen LogP contribution in [0, 0.1) is 0 Å². The molecule has 0 unspecified atom stereocenters. The molecule has 9 nitrogen and oxygen atoms in total. The molecule has 0 atom stereocenters. The predicted octanol–water partition coefficient (Wildman–Crippen LogP) is 2.05. The highest BCUT2D eigenvalue weighted by Crippen LogP contribution is 2.24. The third kappa shape index (κ3) is 2.72. The molecule has 0 fully saturated rings. The first-order valence-corrected chi connectivity index (χ1v) is 9.20. The van der Waals surface area contributed by atoms with Crippen molar-refractivity contribution in [2.45, 2.75) is 25.7 Å². The Hall–Kier alpha value is -3.62. The molecule has 0 radical (unpaired) electrons. The average molecular weight is 374 g/mol. The second-order valence-corrected chi connectivity index (χ2v) is 6.75. The molecule has 0 aromatic carbocycles. The van der Waals surface area contributed by atoms with Gasteiger partial charge in [-0.1, -0.05) is 6.07 Å². The van der Waals surface area contributed by atoms with E-state index in [1.165, 1.54) is 0 Å². The summed E-state index contributed by atoms with van der Waals surface area (Å²) >= 11 is 0. The number of fused-ring (bicyclic) bond motifs is 2. The topological polar surface area (TPSA) is 103 Å². The molecular weight excluding hydrogens is 356 g/mol. The Morgan fingerprint density at radius 2 is 1.96 bits per heavy atom. The van der Waals surface area contributed by atoms with Crippen molar-refractivity contribution in [2.75, 3.05) is 5.32 Å². The Morgan fingerprint density at radius 1 is 1.07 bits per heavy atom. The summed E-state index contributed by atoms with van der Waals surface area (Å²) < 4.78 is 3.23. The fraction of sp³-hybridized carbons (Fsp3) is 0.263. The van der Waals surface area contributed by atoms with Crippen LogP contribution in [0.1, 0.15) is 34.6 Å². The normalized spacial score (nSPS) is 13.5. The lowest BCUT2D eigenvalue weighted by Gasteiger charge is -2.10. The van der Waals surface area contributed by atoms with Crippen LogP contribution >= 0.6 is 0 Å². The van der Waals surface area contributed by atoms with E-state index in [1.54, 1.807) is 28.6 Å². The number of nitrogens with one attached hydrogen (secondary N) is 1. The molecule has 1 amide bonds. The molecule has 0 saturated carbocycles. The number of aromatic nitrogens is 7. The first kappa shape index (κ1) is 16.5. The summed E-state index contributed by atoms with van der Waals surface area (Å²) in [5.41, 5.74) is 4.12. The van der Waals surface area contributed by atoms with E-state index in [0.717, 1.165) is 48.3 Å². The summed E-state index contributed by atoms with van der Waals surface area (Å²) in [4.78, 5) is 25.8. The van der Waals surface area contributed by atoms with Crippen molar-refractivity contribution < 1.29 is 4.79 Å². The van der Waals surface area contributed by atoms with Crippen LogP contribution in [0.25, 0.3) is 17.2 Å². The van der Waals surface area contributed by atoms with Crippen molar-refractivity contribution in [1.82, 2.24) is 34.3 Å². The fourth-order valence-electron chi connectivity index (χ4n) is 3.68. The number of hydrogen-bond donors (Lipinski definition) is 1. The number of hydrogen-bond acceptors (Lipinski definition) is 6. The minimum absolute atomic E-state index is 0.201. The van der Waals surface area contributed by atoms with Gasteiger partial charge in [-0.3, -0.25) is 19.8 Å². The van der Waals surface area contributed by atoms with Gasteiger partial charge < -0.3 is 0 Å². The number of pyridine rings is 1. The largest absolute Gasteiger partial charge is 0.288 e. The fourth-order valence-corrected chi connectivity index (χ4v) is 3.68. The lowest BCUT2D eigenvalue weighted by Crippen LogP contribution is -2.19. The van der Waals surface area contributed by atoms with E-state index in [1.807, 2.05) is 24.3 Å². The average Bonchev–Trinajstić information content (AvgIpc) is 3.27. The number of carbonyl (C=O) groups excluding carboxylic acids is 1. The highest BCUT2D eigenvalue weighted by atomic mass is 16.2. The van der Waals surface area contributed by atoms with Gasteiger partial charge in [0.2, 0.25) is 0 Å². The van der Waals surface area contributed by atoms with Crippen LogP contribution in [-0.2, 0) is 19.9 Å². The maximum absolute atomic E-state index is 12.9. The summed E-state index contributed by atoms with van der Waals surface area (Å²) in [6, 6.07) is 7.45. The van der Waals surface area contributed by atoms with Crippen LogP contribution in [0.15, 0.2) is 36.7 Å². The molecule has 0 saturated heterocycles. The standard InChI is InChI=1S/C19H18N8O/c1-26-16(12-6-2-3-7-13(12)24-26)17(28)22-18-23-19-21-11-9-15(27(19)25-18)14-8-4-5-10-20-14/h4-5,8-11H,2-3,6-7H2,1H3,(H,22,25,28). The van der Waals surface area contributed by atoms with E-state index in [4.69, 9.17) is 0 Å². The van der Waals surface area contributed by atoms with Crippen molar-refractivity contribution in [2.24, 2.45) is 7.05 Å². The van der Waals surface area contributed by atoms with E-state index in [0.29, 0.717) is 11.5 Å². The molecule has 1 aliphatic carbocycles. The Morgan fingerprint density at radius 3 is 2.82 bits per heavy atom. The zero-order valence-electron chi connectivity index (χ0n) is 15.3. The van der Waals surface area contributed by atoms with Gasteiger partial charge in [0.1, 0.15) is 5.69 Å². The van der Waals surface area contributed by atoms with Gasteiger partial charge in [0, 0.05) is 25.0 Å². The molecule has 0 spiro atoms. The summed E-state index contributed by atoms with van der Waals surface area (Å²) in [5, 5.41) is 11.7. The molecule has 4 aromatic heterocycles. The van der Waals surface area contributed by atoms with E-state index in [-0.39, 0.29) is 11.9 Å². The lowest BCUT2D eigenvalue weighted by atomic mass is 9.96. The van der Waals surface area contributed by atoms with E-state index in [2.05, 4.69) is 30.5 Å². The number of amides is 1. The minimum atomic E-state index is -0.256. The van der Waals surface area contributed by atoms with Crippen molar-refractivity contribution in [1.29, 1.82) is 0 Å². The Balaban J connectivity index is 1.50. The molecule has 5 rings (SSSR count). The van der Waals surface area contributed by atoms with Crippen LogP contribution in [0.5, 0.6) is 0 Å². The second kappa shape index (κ2) is 6.52. The first-order chi connectivity index (χ1) is 13.7. The molecule has 9 heteroatoms. The maximum Gasteiger partial charge on any atom is 0.276 e. The predicted molar refractivity (Wildman–Crippen MR) is 102 cm³/mol. The zero-order chi connectivity index (χ0) is 19.1. The molecular formula is C19H18N8O. The molecule has 4 heterocycles. The molecule has 0 bridgehead atoms. The number of anilines is 1. The van der Waals surface area contributed by atoms with Crippen molar-refractivity contribution in [3.63, 3.8) is 0 Å². The molecule has 1 N–H and O–H groups in total. The van der Waals surface area contributed by atoms with E-state index in [9.17, 15) is 4.79 Å². The Kier molecular flexibility index (Phi) is 3.85. The lowest BCUT2D eigenvalue weighted by molar-refractivity contribution is 0.101. The van der Waals surface area contributed by atoms with Gasteiger partial charge in [-0.05, 0) is 43.9 Å². The van der Waals surface area contributed by atoms with Gasteiger partial charge in [0.15, 0.2) is 0 Å². The summed E-state index contributed by atoms with van der Waals surface area (Å²) in [7, 11) is 1.80. The van der Waals surface area contributed by atoms with Gasteiger partial charge in [0.05, 0.1) is 17.1 Å². The van der Waals surface area contributed by atoms with Crippen molar-refractivity contribution in [3.8, 4) is 11.4 Å². The molecule has 140 valence electrons. The van der Waals surface area contributed by atoms with Crippen LogP contribution < -0.4 is 5.32 Å². The second-order valence-electron chi connectivity index (χ2n) is 6.75. The summed E-state index contributed by atoms with van der Waals surface area (Å²) in [5.74, 6) is 0.338. The first-order valence-electron chi connectivity index (χ1n) is 9.20. The quantitative estimate of drug-likeness (QED) is 0.589. The highest BCUT2D eigenvalue weighted by molar-refractivity contribution is 6.03. The van der Waals surface area contributed by atoms with Gasteiger partial charge in [-0.25, -0.2) is 4.98 Å². The minimum Gasteiger partial charge on any atom is -0.288 e. The number of rotatable bonds is 3. The molecule has 4 aromatic rings. The summed E-state index contributed by atoms with van der Waals surface area (Å²) in [6.07, 6.45) is 7.34. The van der Waals surface area contributed by atoms with Crippen LogP contribution in [0.2, 0.25) is 0 Å². The van der Waals surface area contributed by atoms with Gasteiger partial charge >= 0.3 is 0 Å². The maximum atomic E-state index is 12.9. The number of aryl methyl sites for hydroxylation is 2. The van der Waals surface area contributed by atoms with Crippen LogP contribution in [0.4, 0.5) is 5.95 Å². The number of carbonyl (C=O) groups is 1.